The van der Waals surface area contributed by atoms with Crippen LogP contribution in [-0.4, -0.2) is 26.9 Å². The molecule has 2 fully saturated rings. The van der Waals surface area contributed by atoms with Crippen molar-refractivity contribution in [1.82, 2.24) is 20.3 Å². The molecule has 0 saturated heterocycles. The second-order valence-electron chi connectivity index (χ2n) is 10.2. The van der Waals surface area contributed by atoms with Gasteiger partial charge in [-0.15, -0.1) is 22.7 Å². The molecule has 3 heterocycles. The number of anilines is 2. The highest BCUT2D eigenvalue weighted by atomic mass is 32.1. The first-order valence-electron chi connectivity index (χ1n) is 12.1. The van der Waals surface area contributed by atoms with E-state index in [9.17, 15) is 4.79 Å². The number of carbonyl (C=O) groups is 1. The Balaban J connectivity index is 0.000000172. The quantitative estimate of drug-likeness (QED) is 0.385. The molecule has 0 spiro atoms. The van der Waals surface area contributed by atoms with Crippen molar-refractivity contribution in [2.24, 2.45) is 17.8 Å². The molecular weight excluding hydrogens is 462 g/mol. The molecular formula is C26H35N5OS2. The number of nitrogens with one attached hydrogen (secondary N) is 2. The summed E-state index contributed by atoms with van der Waals surface area (Å²) in [6.45, 7) is 10.7. The number of aryl methyl sites for hydroxylation is 3. The van der Waals surface area contributed by atoms with E-state index in [0.717, 1.165) is 61.9 Å². The van der Waals surface area contributed by atoms with Gasteiger partial charge in [-0.3, -0.25) is 4.79 Å². The zero-order valence-corrected chi connectivity index (χ0v) is 22.4. The van der Waals surface area contributed by atoms with Crippen LogP contribution in [-0.2, 0) is 4.79 Å². The average molecular weight is 498 g/mol. The molecule has 1 amide bonds. The maximum atomic E-state index is 10.7. The van der Waals surface area contributed by atoms with Crippen LogP contribution in [0, 0.1) is 38.5 Å². The van der Waals surface area contributed by atoms with Crippen LogP contribution in [0.15, 0.2) is 23.7 Å². The number of nitrogens with zero attached hydrogens (tertiary/aromatic N) is 3. The van der Waals surface area contributed by atoms with Crippen molar-refractivity contribution in [2.45, 2.75) is 72.3 Å². The van der Waals surface area contributed by atoms with E-state index in [0.29, 0.717) is 0 Å². The Kier molecular flexibility index (Phi) is 7.67. The van der Waals surface area contributed by atoms with E-state index < -0.39 is 0 Å². The van der Waals surface area contributed by atoms with Crippen molar-refractivity contribution in [1.29, 1.82) is 0 Å². The number of hydrogen-bond acceptors (Lipinski definition) is 7. The molecule has 2 aliphatic carbocycles. The summed E-state index contributed by atoms with van der Waals surface area (Å²) in [7, 11) is 0. The molecule has 2 N–H and O–H groups in total. The third-order valence-corrected chi connectivity index (χ3v) is 8.63. The number of fused-ring (bicyclic) bond motifs is 2. The van der Waals surface area contributed by atoms with Gasteiger partial charge in [-0.25, -0.2) is 15.0 Å². The first-order valence-corrected chi connectivity index (χ1v) is 13.8. The second kappa shape index (κ2) is 10.5. The topological polar surface area (TPSA) is 79.8 Å². The van der Waals surface area contributed by atoms with Gasteiger partial charge in [0.25, 0.3) is 0 Å². The van der Waals surface area contributed by atoms with Crippen molar-refractivity contribution in [3.05, 3.63) is 40.0 Å². The Morgan fingerprint density at radius 3 is 2.38 bits per heavy atom. The van der Waals surface area contributed by atoms with E-state index >= 15 is 0 Å². The number of amides is 1. The maximum Gasteiger partial charge on any atom is 0.207 e. The van der Waals surface area contributed by atoms with Crippen molar-refractivity contribution >= 4 is 40.0 Å². The number of carbonyl (C=O) groups excluding carboxylic acids is 1. The van der Waals surface area contributed by atoms with Crippen LogP contribution >= 0.6 is 22.7 Å². The molecule has 0 aromatic carbocycles. The minimum atomic E-state index is 0.155. The zero-order chi connectivity index (χ0) is 24.3. The van der Waals surface area contributed by atoms with Crippen LogP contribution in [0.25, 0.3) is 10.6 Å². The van der Waals surface area contributed by atoms with Gasteiger partial charge in [0.1, 0.15) is 5.82 Å². The molecule has 2 bridgehead atoms. The molecule has 2 unspecified atom stereocenters. The molecule has 6 nitrogen and oxygen atoms in total. The number of hydrogen-bond donors (Lipinski definition) is 2. The molecule has 34 heavy (non-hydrogen) atoms. The van der Waals surface area contributed by atoms with Crippen LogP contribution in [0.5, 0.6) is 0 Å². The lowest BCUT2D eigenvalue weighted by Gasteiger charge is -2.49. The Bertz CT molecular complexity index is 1090. The van der Waals surface area contributed by atoms with Gasteiger partial charge in [-0.1, -0.05) is 19.9 Å². The van der Waals surface area contributed by atoms with E-state index in [1.165, 1.54) is 32.1 Å². The lowest BCUT2D eigenvalue weighted by molar-refractivity contribution is -0.113. The minimum Gasteiger partial charge on any atom is -0.353 e. The summed E-state index contributed by atoms with van der Waals surface area (Å²) in [5.41, 5.74) is 3.32. The van der Waals surface area contributed by atoms with Crippen LogP contribution in [0.3, 0.4) is 0 Å². The molecule has 2 atom stereocenters. The normalized spacial score (nSPS) is 25.7. The molecule has 2 aliphatic rings. The minimum absolute atomic E-state index is 0.155. The summed E-state index contributed by atoms with van der Waals surface area (Å²) in [4.78, 5) is 25.2. The van der Waals surface area contributed by atoms with Gasteiger partial charge in [0.15, 0.2) is 5.13 Å². The molecule has 5 rings (SSSR count). The molecule has 2 saturated carbocycles. The molecule has 0 aliphatic heterocycles. The van der Waals surface area contributed by atoms with Crippen LogP contribution in [0.1, 0.15) is 62.2 Å². The van der Waals surface area contributed by atoms with E-state index in [2.05, 4.69) is 44.8 Å². The Labute approximate surface area is 210 Å². The zero-order valence-electron chi connectivity index (χ0n) is 20.7. The summed E-state index contributed by atoms with van der Waals surface area (Å²) >= 11 is 3.26. The van der Waals surface area contributed by atoms with Crippen LogP contribution < -0.4 is 10.6 Å². The highest BCUT2D eigenvalue weighted by Gasteiger charge is 2.43. The maximum absolute atomic E-state index is 10.7. The summed E-state index contributed by atoms with van der Waals surface area (Å²) in [6.07, 6.45) is 9.08. The highest BCUT2D eigenvalue weighted by Crippen LogP contribution is 2.47. The van der Waals surface area contributed by atoms with Gasteiger partial charge in [-0.2, -0.15) is 0 Å². The fourth-order valence-electron chi connectivity index (χ4n) is 5.86. The second-order valence-corrected chi connectivity index (χ2v) is 12.3. The van der Waals surface area contributed by atoms with Crippen molar-refractivity contribution in [3.63, 3.8) is 0 Å². The van der Waals surface area contributed by atoms with E-state index in [4.69, 9.17) is 0 Å². The number of rotatable bonds is 5. The first kappa shape index (κ1) is 24.8. The molecule has 3 aromatic rings. The van der Waals surface area contributed by atoms with Crippen molar-refractivity contribution in [3.8, 4) is 10.6 Å². The monoisotopic (exact) mass is 497 g/mol. The first-order chi connectivity index (χ1) is 16.2. The molecule has 3 aromatic heterocycles. The Morgan fingerprint density at radius 2 is 1.79 bits per heavy atom. The molecule has 8 heteroatoms. The number of pyridine rings is 1. The Hall–Kier alpha value is -2.32. The van der Waals surface area contributed by atoms with Crippen LogP contribution in [0.4, 0.5) is 10.9 Å². The van der Waals surface area contributed by atoms with E-state index in [1.807, 2.05) is 39.1 Å². The largest absolute Gasteiger partial charge is 0.353 e. The average Bonchev–Trinajstić information content (AvgIpc) is 3.34. The van der Waals surface area contributed by atoms with Gasteiger partial charge in [0.2, 0.25) is 6.41 Å². The summed E-state index contributed by atoms with van der Waals surface area (Å²) in [5.74, 6) is 3.24. The fourth-order valence-corrected chi connectivity index (χ4v) is 7.53. The number of thiazole rings is 2. The SMILES string of the molecule is CC1CC2CC(C)CC(NC=O)(C1)C2.Cc1ccc(Nc2nc(-c3sc(C)nc3C)cs2)nc1. The standard InChI is InChI=1S/C14H14N4S2.C12H21NO/c1-8-4-5-12(15-6-8)18-14-17-11(7-19-14)13-9(2)16-10(3)20-13;1-9-3-11-4-10(2)6-12(5-9,7-11)13-8-14/h4-7H,1-3H3,(H,15,17,18);8-11H,3-7H2,1-2H3,(H,13,14). The van der Waals surface area contributed by atoms with Gasteiger partial charge < -0.3 is 10.6 Å². The van der Waals surface area contributed by atoms with E-state index in [1.54, 1.807) is 22.7 Å². The summed E-state index contributed by atoms with van der Waals surface area (Å²) < 4.78 is 0. The lowest BCUT2D eigenvalue weighted by atomic mass is 9.61. The smallest absolute Gasteiger partial charge is 0.207 e. The number of aromatic nitrogens is 3. The van der Waals surface area contributed by atoms with Crippen LogP contribution in [0.2, 0.25) is 0 Å². The lowest BCUT2D eigenvalue weighted by Crippen LogP contribution is -2.53. The third kappa shape index (κ3) is 6.02. The molecule has 182 valence electrons. The fraction of sp³-hybridized carbons (Fsp3) is 0.538. The summed E-state index contributed by atoms with van der Waals surface area (Å²) in [5, 5.41) is 10.3. The van der Waals surface area contributed by atoms with E-state index in [-0.39, 0.29) is 5.54 Å². The summed E-state index contributed by atoms with van der Waals surface area (Å²) in [6, 6.07) is 3.99. The molecule has 0 radical (unpaired) electrons. The predicted octanol–water partition coefficient (Wildman–Crippen LogP) is 6.67. The highest BCUT2D eigenvalue weighted by molar-refractivity contribution is 7.16. The van der Waals surface area contributed by atoms with Crippen molar-refractivity contribution < 1.29 is 4.79 Å². The van der Waals surface area contributed by atoms with Gasteiger partial charge in [-0.05, 0) is 82.3 Å². The third-order valence-electron chi connectivity index (χ3n) is 6.78. The predicted molar refractivity (Wildman–Crippen MR) is 142 cm³/mol. The Morgan fingerprint density at radius 1 is 1.06 bits per heavy atom. The van der Waals surface area contributed by atoms with Crippen molar-refractivity contribution in [2.75, 3.05) is 5.32 Å². The van der Waals surface area contributed by atoms with Gasteiger partial charge >= 0.3 is 0 Å². The van der Waals surface area contributed by atoms with Gasteiger partial charge in [0.05, 0.1) is 21.3 Å². The van der Waals surface area contributed by atoms with Gasteiger partial charge in [0, 0.05) is 17.1 Å².